The third-order valence-electron chi connectivity index (χ3n) is 4.53. The summed E-state index contributed by atoms with van der Waals surface area (Å²) in [6.45, 7) is 1.85. The van der Waals surface area contributed by atoms with E-state index >= 15 is 0 Å². The highest BCUT2D eigenvalue weighted by atomic mass is 19.1. The van der Waals surface area contributed by atoms with E-state index < -0.39 is 11.5 Å². The van der Waals surface area contributed by atoms with E-state index in [4.69, 9.17) is 0 Å². The van der Waals surface area contributed by atoms with Crippen molar-refractivity contribution >= 4 is 0 Å². The van der Waals surface area contributed by atoms with Crippen LogP contribution in [0.15, 0.2) is 18.2 Å². The lowest BCUT2D eigenvalue weighted by molar-refractivity contribution is 0.0427. The second-order valence-corrected chi connectivity index (χ2v) is 5.94. The number of halogens is 1. The van der Waals surface area contributed by atoms with Gasteiger partial charge < -0.3 is 5.11 Å². The van der Waals surface area contributed by atoms with E-state index in [0.717, 1.165) is 31.2 Å². The Labute approximate surface area is 120 Å². The smallest absolute Gasteiger partial charge is 0.123 e. The SMILES string of the molecule is Cc1ccc(F)cc1C(O)C1(C#N)CCCCCCC1. The van der Waals surface area contributed by atoms with E-state index in [1.807, 2.05) is 6.92 Å². The first-order valence-electron chi connectivity index (χ1n) is 7.44. The van der Waals surface area contributed by atoms with Crippen LogP contribution >= 0.6 is 0 Å². The zero-order valence-electron chi connectivity index (χ0n) is 12.0. The van der Waals surface area contributed by atoms with Crippen LogP contribution in [-0.2, 0) is 0 Å². The first-order chi connectivity index (χ1) is 9.59. The van der Waals surface area contributed by atoms with E-state index in [0.29, 0.717) is 18.4 Å². The van der Waals surface area contributed by atoms with E-state index in [1.165, 1.54) is 18.6 Å². The lowest BCUT2D eigenvalue weighted by atomic mass is 9.71. The Morgan fingerprint density at radius 2 is 1.80 bits per heavy atom. The minimum atomic E-state index is -0.902. The Balaban J connectivity index is 2.33. The number of benzene rings is 1. The maximum atomic E-state index is 13.5. The first-order valence-corrected chi connectivity index (χ1v) is 7.44. The zero-order chi connectivity index (χ0) is 14.6. The van der Waals surface area contributed by atoms with Gasteiger partial charge in [0.1, 0.15) is 5.82 Å². The standard InChI is InChI=1S/C17H22FNO/c1-13-7-8-14(18)11-15(13)16(20)17(12-19)9-5-3-2-4-6-10-17/h7-8,11,16,20H,2-6,9-10H2,1H3. The molecule has 1 N–H and O–H groups in total. The average molecular weight is 275 g/mol. The highest BCUT2D eigenvalue weighted by molar-refractivity contribution is 5.31. The number of rotatable bonds is 2. The molecular weight excluding hydrogens is 253 g/mol. The van der Waals surface area contributed by atoms with Crippen LogP contribution in [0.25, 0.3) is 0 Å². The molecule has 20 heavy (non-hydrogen) atoms. The summed E-state index contributed by atoms with van der Waals surface area (Å²) < 4.78 is 13.5. The van der Waals surface area contributed by atoms with Gasteiger partial charge in [-0.2, -0.15) is 5.26 Å². The summed E-state index contributed by atoms with van der Waals surface area (Å²) in [6.07, 6.45) is 5.83. The Morgan fingerprint density at radius 3 is 2.40 bits per heavy atom. The molecule has 0 bridgehead atoms. The summed E-state index contributed by atoms with van der Waals surface area (Å²) in [5.41, 5.74) is 0.640. The highest BCUT2D eigenvalue weighted by Crippen LogP contribution is 2.44. The average Bonchev–Trinajstić information content (AvgIpc) is 2.41. The number of aliphatic hydroxyl groups is 1. The topological polar surface area (TPSA) is 44.0 Å². The monoisotopic (exact) mass is 275 g/mol. The molecule has 2 nitrogen and oxygen atoms in total. The summed E-state index contributed by atoms with van der Waals surface area (Å²) >= 11 is 0. The summed E-state index contributed by atoms with van der Waals surface area (Å²) in [7, 11) is 0. The fourth-order valence-electron chi connectivity index (χ4n) is 3.19. The van der Waals surface area contributed by atoms with E-state index in [2.05, 4.69) is 6.07 Å². The molecule has 1 fully saturated rings. The van der Waals surface area contributed by atoms with Crippen molar-refractivity contribution in [3.05, 3.63) is 35.1 Å². The molecule has 1 aromatic carbocycles. The Morgan fingerprint density at radius 1 is 1.20 bits per heavy atom. The minimum Gasteiger partial charge on any atom is -0.387 e. The van der Waals surface area contributed by atoms with Gasteiger partial charge in [-0.3, -0.25) is 0 Å². The van der Waals surface area contributed by atoms with Gasteiger partial charge >= 0.3 is 0 Å². The molecule has 1 aromatic rings. The molecule has 2 rings (SSSR count). The number of hydrogen-bond acceptors (Lipinski definition) is 2. The molecule has 1 aliphatic rings. The van der Waals surface area contributed by atoms with E-state index in [-0.39, 0.29) is 5.82 Å². The van der Waals surface area contributed by atoms with Gasteiger partial charge in [-0.1, -0.05) is 38.2 Å². The number of nitriles is 1. The van der Waals surface area contributed by atoms with Crippen LogP contribution in [0.4, 0.5) is 4.39 Å². The van der Waals surface area contributed by atoms with Gasteiger partial charge in [0.2, 0.25) is 0 Å². The zero-order valence-corrected chi connectivity index (χ0v) is 12.0. The second-order valence-electron chi connectivity index (χ2n) is 5.94. The molecule has 108 valence electrons. The van der Waals surface area contributed by atoms with Gasteiger partial charge in [0.05, 0.1) is 17.6 Å². The predicted octanol–water partition coefficient (Wildman–Crippen LogP) is 4.42. The van der Waals surface area contributed by atoms with Crippen molar-refractivity contribution < 1.29 is 9.50 Å². The van der Waals surface area contributed by atoms with Crippen LogP contribution in [0.3, 0.4) is 0 Å². The van der Waals surface area contributed by atoms with Crippen LogP contribution in [0.1, 0.15) is 62.2 Å². The van der Waals surface area contributed by atoms with Crippen molar-refractivity contribution in [3.63, 3.8) is 0 Å². The first kappa shape index (κ1) is 15.0. The van der Waals surface area contributed by atoms with Crippen molar-refractivity contribution in [1.29, 1.82) is 5.26 Å². The van der Waals surface area contributed by atoms with Gasteiger partial charge in [-0.15, -0.1) is 0 Å². The molecule has 1 saturated carbocycles. The third kappa shape index (κ3) is 3.02. The minimum absolute atomic E-state index is 0.358. The number of nitrogens with zero attached hydrogens (tertiary/aromatic N) is 1. The van der Waals surface area contributed by atoms with Gasteiger partial charge in [-0.25, -0.2) is 4.39 Å². The number of hydrogen-bond donors (Lipinski definition) is 1. The van der Waals surface area contributed by atoms with Crippen LogP contribution in [0, 0.1) is 29.5 Å². The molecule has 1 aliphatic carbocycles. The van der Waals surface area contributed by atoms with Crippen LogP contribution in [0.5, 0.6) is 0 Å². The largest absolute Gasteiger partial charge is 0.387 e. The molecule has 0 amide bonds. The van der Waals surface area contributed by atoms with Crippen molar-refractivity contribution in [2.24, 2.45) is 5.41 Å². The molecule has 0 radical (unpaired) electrons. The third-order valence-corrected chi connectivity index (χ3v) is 4.53. The molecule has 3 heteroatoms. The maximum absolute atomic E-state index is 13.5. The van der Waals surface area contributed by atoms with Gasteiger partial charge in [0, 0.05) is 0 Å². The quantitative estimate of drug-likeness (QED) is 0.868. The number of aliphatic hydroxyl groups excluding tert-OH is 1. The van der Waals surface area contributed by atoms with E-state index in [9.17, 15) is 14.8 Å². The summed E-state index contributed by atoms with van der Waals surface area (Å²) in [5, 5.41) is 20.4. The molecule has 0 heterocycles. The molecule has 1 unspecified atom stereocenters. The lowest BCUT2D eigenvalue weighted by Crippen LogP contribution is -2.29. The molecular formula is C17H22FNO. The molecule has 0 aliphatic heterocycles. The van der Waals surface area contributed by atoms with Crippen LogP contribution < -0.4 is 0 Å². The Kier molecular flexibility index (Phi) is 4.77. The fraction of sp³-hybridized carbons (Fsp3) is 0.588. The van der Waals surface area contributed by atoms with Crippen molar-refractivity contribution in [1.82, 2.24) is 0 Å². The Hall–Kier alpha value is -1.40. The fourth-order valence-corrected chi connectivity index (χ4v) is 3.19. The summed E-state index contributed by atoms with van der Waals surface area (Å²) in [4.78, 5) is 0. The van der Waals surface area contributed by atoms with Crippen molar-refractivity contribution in [3.8, 4) is 6.07 Å². The van der Waals surface area contributed by atoms with Gasteiger partial charge in [0.15, 0.2) is 0 Å². The number of aryl methyl sites for hydroxylation is 1. The van der Waals surface area contributed by atoms with Crippen LogP contribution in [0.2, 0.25) is 0 Å². The van der Waals surface area contributed by atoms with Crippen LogP contribution in [-0.4, -0.2) is 5.11 Å². The molecule has 1 atom stereocenters. The summed E-state index contributed by atoms with van der Waals surface area (Å²) in [6, 6.07) is 6.79. The van der Waals surface area contributed by atoms with Gasteiger partial charge in [-0.05, 0) is 43.0 Å². The molecule has 0 saturated heterocycles. The predicted molar refractivity (Wildman–Crippen MR) is 76.5 cm³/mol. The normalized spacial score (nSPS) is 20.5. The maximum Gasteiger partial charge on any atom is 0.123 e. The highest BCUT2D eigenvalue weighted by Gasteiger charge is 2.39. The Bertz CT molecular complexity index is 498. The van der Waals surface area contributed by atoms with E-state index in [1.54, 1.807) is 6.07 Å². The second kappa shape index (κ2) is 6.37. The van der Waals surface area contributed by atoms with Gasteiger partial charge in [0.25, 0.3) is 0 Å². The lowest BCUT2D eigenvalue weighted by Gasteiger charge is -2.34. The molecule has 0 spiro atoms. The van der Waals surface area contributed by atoms with Crippen molar-refractivity contribution in [2.75, 3.05) is 0 Å². The van der Waals surface area contributed by atoms with Crippen molar-refractivity contribution in [2.45, 2.75) is 58.0 Å². The summed E-state index contributed by atoms with van der Waals surface area (Å²) in [5.74, 6) is -0.358. The molecule has 0 aromatic heterocycles.